The maximum atomic E-state index is 12.1. The van der Waals surface area contributed by atoms with E-state index >= 15 is 0 Å². The SMILES string of the molecule is C[C@H](N[S@](=O)C(C)(C)C)c1ccc(-c2cn(C)nn2)nc1. The second-order valence-corrected chi connectivity index (χ2v) is 7.97. The van der Waals surface area contributed by atoms with Gasteiger partial charge in [-0.3, -0.25) is 9.67 Å². The zero-order chi connectivity index (χ0) is 15.6. The van der Waals surface area contributed by atoms with Crippen molar-refractivity contribution in [2.45, 2.75) is 38.5 Å². The smallest absolute Gasteiger partial charge is 0.131 e. The summed E-state index contributed by atoms with van der Waals surface area (Å²) >= 11 is 0. The summed E-state index contributed by atoms with van der Waals surface area (Å²) in [6, 6.07) is 3.83. The predicted octanol–water partition coefficient (Wildman–Crippen LogP) is 1.99. The molecule has 0 spiro atoms. The van der Waals surface area contributed by atoms with Crippen LogP contribution < -0.4 is 4.72 Å². The van der Waals surface area contributed by atoms with Crippen LogP contribution in [0, 0.1) is 0 Å². The molecular formula is C14H21N5OS. The average molecular weight is 307 g/mol. The fourth-order valence-electron chi connectivity index (χ4n) is 1.68. The lowest BCUT2D eigenvalue weighted by molar-refractivity contribution is 0.615. The zero-order valence-electron chi connectivity index (χ0n) is 13.0. The second-order valence-electron chi connectivity index (χ2n) is 5.97. The third-order valence-electron chi connectivity index (χ3n) is 2.99. The highest BCUT2D eigenvalue weighted by Gasteiger charge is 2.21. The summed E-state index contributed by atoms with van der Waals surface area (Å²) in [7, 11) is 0.709. The first-order valence-electron chi connectivity index (χ1n) is 6.78. The lowest BCUT2D eigenvalue weighted by atomic mass is 10.1. The molecule has 1 N–H and O–H groups in total. The first-order valence-corrected chi connectivity index (χ1v) is 7.93. The van der Waals surface area contributed by atoms with Crippen molar-refractivity contribution in [2.75, 3.05) is 0 Å². The van der Waals surface area contributed by atoms with Crippen molar-refractivity contribution >= 4 is 11.0 Å². The van der Waals surface area contributed by atoms with Crippen LogP contribution in [-0.4, -0.2) is 28.9 Å². The van der Waals surface area contributed by atoms with E-state index in [4.69, 9.17) is 0 Å². The summed E-state index contributed by atoms with van der Waals surface area (Å²) in [5.74, 6) is 0. The number of nitrogens with one attached hydrogen (secondary N) is 1. The van der Waals surface area contributed by atoms with Crippen LogP contribution in [-0.2, 0) is 18.0 Å². The molecule has 6 nitrogen and oxygen atoms in total. The topological polar surface area (TPSA) is 72.7 Å². The van der Waals surface area contributed by atoms with Crippen LogP contribution in [0.15, 0.2) is 24.5 Å². The molecule has 0 unspecified atom stereocenters. The maximum Gasteiger partial charge on any atom is 0.131 e. The van der Waals surface area contributed by atoms with Gasteiger partial charge in [-0.1, -0.05) is 11.3 Å². The van der Waals surface area contributed by atoms with Gasteiger partial charge in [0.15, 0.2) is 0 Å². The van der Waals surface area contributed by atoms with Crippen molar-refractivity contribution < 1.29 is 4.21 Å². The lowest BCUT2D eigenvalue weighted by Crippen LogP contribution is -2.34. The standard InChI is InChI=1S/C14H21N5OS/c1-10(17-21(20)14(2,3)4)11-6-7-12(15-8-11)13-9-19(5)18-16-13/h6-10,17H,1-5H3/t10-,21+/m0/s1. The number of rotatable bonds is 4. The zero-order valence-corrected chi connectivity index (χ0v) is 13.8. The first-order chi connectivity index (χ1) is 9.77. The fraction of sp³-hybridized carbons (Fsp3) is 0.500. The molecule has 0 fully saturated rings. The van der Waals surface area contributed by atoms with E-state index in [0.29, 0.717) is 0 Å². The van der Waals surface area contributed by atoms with E-state index in [9.17, 15) is 4.21 Å². The molecule has 0 bridgehead atoms. The van der Waals surface area contributed by atoms with Gasteiger partial charge >= 0.3 is 0 Å². The summed E-state index contributed by atoms with van der Waals surface area (Å²) in [6.45, 7) is 7.80. The molecule has 0 aromatic carbocycles. The van der Waals surface area contributed by atoms with E-state index in [1.165, 1.54) is 0 Å². The molecule has 21 heavy (non-hydrogen) atoms. The third kappa shape index (κ3) is 3.95. The van der Waals surface area contributed by atoms with E-state index in [1.54, 1.807) is 10.9 Å². The van der Waals surface area contributed by atoms with Gasteiger partial charge in [0.25, 0.3) is 0 Å². The minimum Gasteiger partial charge on any atom is -0.255 e. The Labute approximate surface area is 127 Å². The number of hydrogen-bond acceptors (Lipinski definition) is 4. The summed E-state index contributed by atoms with van der Waals surface area (Å²) in [6.07, 6.45) is 3.60. The van der Waals surface area contributed by atoms with Crippen LogP contribution in [0.3, 0.4) is 0 Å². The molecule has 2 atom stereocenters. The van der Waals surface area contributed by atoms with Crippen LogP contribution in [0.2, 0.25) is 0 Å². The Morgan fingerprint density at radius 2 is 2.00 bits per heavy atom. The van der Waals surface area contributed by atoms with Crippen LogP contribution in [0.25, 0.3) is 11.4 Å². The quantitative estimate of drug-likeness (QED) is 0.937. The van der Waals surface area contributed by atoms with Crippen LogP contribution in [0.4, 0.5) is 0 Å². The van der Waals surface area contributed by atoms with Crippen molar-refractivity contribution in [3.05, 3.63) is 30.1 Å². The number of aromatic nitrogens is 4. The molecule has 7 heteroatoms. The van der Waals surface area contributed by atoms with Gasteiger partial charge in [-0.15, -0.1) is 5.10 Å². The van der Waals surface area contributed by atoms with Crippen molar-refractivity contribution in [3.63, 3.8) is 0 Å². The maximum absolute atomic E-state index is 12.1. The number of pyridine rings is 1. The molecule has 2 heterocycles. The monoisotopic (exact) mass is 307 g/mol. The molecule has 0 aliphatic carbocycles. The Bertz CT molecular complexity index is 630. The second kappa shape index (κ2) is 6.03. The van der Waals surface area contributed by atoms with E-state index in [-0.39, 0.29) is 10.8 Å². The highest BCUT2D eigenvalue weighted by Crippen LogP contribution is 2.19. The Balaban J connectivity index is 2.10. The molecule has 0 saturated heterocycles. The predicted molar refractivity (Wildman–Crippen MR) is 83.7 cm³/mol. The van der Waals surface area contributed by atoms with Crippen LogP contribution >= 0.6 is 0 Å². The van der Waals surface area contributed by atoms with Gasteiger partial charge < -0.3 is 0 Å². The Morgan fingerprint density at radius 1 is 1.29 bits per heavy atom. The first kappa shape index (κ1) is 15.8. The van der Waals surface area contributed by atoms with Crippen molar-refractivity contribution in [1.29, 1.82) is 0 Å². The van der Waals surface area contributed by atoms with Gasteiger partial charge in [-0.05, 0) is 39.3 Å². The van der Waals surface area contributed by atoms with E-state index < -0.39 is 11.0 Å². The van der Waals surface area contributed by atoms with Gasteiger partial charge in [0.1, 0.15) is 5.69 Å². The molecule has 0 aliphatic heterocycles. The van der Waals surface area contributed by atoms with Gasteiger partial charge in [0.05, 0.1) is 27.6 Å². The Morgan fingerprint density at radius 3 is 2.48 bits per heavy atom. The average Bonchev–Trinajstić information content (AvgIpc) is 2.84. The van der Waals surface area contributed by atoms with Gasteiger partial charge in [0, 0.05) is 19.3 Å². The Hall–Kier alpha value is -1.60. The minimum atomic E-state index is -1.11. The van der Waals surface area contributed by atoms with Gasteiger partial charge in [-0.25, -0.2) is 8.93 Å². The van der Waals surface area contributed by atoms with Crippen LogP contribution in [0.5, 0.6) is 0 Å². The highest BCUT2D eigenvalue weighted by atomic mass is 32.2. The fourth-order valence-corrected chi connectivity index (χ4v) is 2.49. The third-order valence-corrected chi connectivity index (χ3v) is 4.67. The summed E-state index contributed by atoms with van der Waals surface area (Å²) < 4.78 is 16.5. The number of nitrogens with zero attached hydrogens (tertiary/aromatic N) is 4. The van der Waals surface area contributed by atoms with Crippen molar-refractivity contribution in [3.8, 4) is 11.4 Å². The molecule has 0 radical (unpaired) electrons. The van der Waals surface area contributed by atoms with E-state index in [2.05, 4.69) is 20.0 Å². The molecule has 2 rings (SSSR count). The lowest BCUT2D eigenvalue weighted by Gasteiger charge is -2.22. The van der Waals surface area contributed by atoms with Gasteiger partial charge in [-0.2, -0.15) is 0 Å². The number of aryl methyl sites for hydroxylation is 1. The normalized spacial score (nSPS) is 14.9. The van der Waals surface area contributed by atoms with Crippen molar-refractivity contribution in [2.24, 2.45) is 7.05 Å². The molecule has 0 saturated carbocycles. The molecule has 2 aromatic rings. The molecule has 2 aromatic heterocycles. The summed E-state index contributed by atoms with van der Waals surface area (Å²) in [4.78, 5) is 4.40. The minimum absolute atomic E-state index is 0.0338. The molecule has 114 valence electrons. The van der Waals surface area contributed by atoms with Crippen molar-refractivity contribution in [1.82, 2.24) is 24.7 Å². The van der Waals surface area contributed by atoms with Crippen LogP contribution in [0.1, 0.15) is 39.3 Å². The van der Waals surface area contributed by atoms with E-state index in [1.807, 2.05) is 53.1 Å². The summed E-state index contributed by atoms with van der Waals surface area (Å²) in [5, 5.41) is 7.92. The number of hydrogen-bond donors (Lipinski definition) is 1. The molecular weight excluding hydrogens is 286 g/mol. The molecule has 0 amide bonds. The summed E-state index contributed by atoms with van der Waals surface area (Å²) in [5.41, 5.74) is 2.50. The van der Waals surface area contributed by atoms with Gasteiger partial charge in [0.2, 0.25) is 0 Å². The Kier molecular flexibility index (Phi) is 4.53. The molecule has 0 aliphatic rings. The highest BCUT2D eigenvalue weighted by molar-refractivity contribution is 7.84. The van der Waals surface area contributed by atoms with E-state index in [0.717, 1.165) is 17.0 Å². The largest absolute Gasteiger partial charge is 0.255 e.